The predicted molar refractivity (Wildman–Crippen MR) is 103 cm³/mol. The number of anilines is 1. The van der Waals surface area contributed by atoms with Crippen LogP contribution in [0.1, 0.15) is 32.8 Å². The van der Waals surface area contributed by atoms with Crippen molar-refractivity contribution in [1.29, 1.82) is 0 Å². The van der Waals surface area contributed by atoms with Crippen LogP contribution in [-0.2, 0) is 11.3 Å². The van der Waals surface area contributed by atoms with E-state index in [0.717, 1.165) is 43.4 Å². The molecular weight excluding hydrogens is 318 g/mol. The Bertz CT molecular complexity index is 529. The Kier molecular flexibility index (Phi) is 10.1. The molecule has 0 atom stereocenters. The number of nitrogens with zero attached hydrogens (tertiary/aromatic N) is 1. The number of guanidine groups is 1. The highest BCUT2D eigenvalue weighted by Crippen LogP contribution is 2.09. The number of nitrogens with one attached hydrogen (secondary N) is 4. The molecule has 7 heteroatoms. The first-order valence-corrected chi connectivity index (χ1v) is 8.73. The molecule has 1 aromatic rings. The van der Waals surface area contributed by atoms with Crippen molar-refractivity contribution in [3.63, 3.8) is 0 Å². The third-order valence-electron chi connectivity index (χ3n) is 3.28. The summed E-state index contributed by atoms with van der Waals surface area (Å²) in [5, 5.41) is 12.1. The maximum atomic E-state index is 11.7. The number of urea groups is 1. The number of ether oxygens (including phenoxy) is 1. The van der Waals surface area contributed by atoms with Gasteiger partial charge >= 0.3 is 6.03 Å². The van der Waals surface area contributed by atoms with Crippen LogP contribution in [0.3, 0.4) is 0 Å². The van der Waals surface area contributed by atoms with Crippen LogP contribution in [-0.4, -0.2) is 44.8 Å². The summed E-state index contributed by atoms with van der Waals surface area (Å²) in [4.78, 5) is 15.9. The van der Waals surface area contributed by atoms with Gasteiger partial charge in [-0.1, -0.05) is 12.1 Å². The minimum atomic E-state index is -0.197. The third kappa shape index (κ3) is 9.56. The minimum absolute atomic E-state index is 0.108. The molecule has 0 heterocycles. The largest absolute Gasteiger partial charge is 0.382 e. The van der Waals surface area contributed by atoms with Gasteiger partial charge in [0.25, 0.3) is 0 Å². The highest BCUT2D eigenvalue weighted by molar-refractivity contribution is 5.89. The fourth-order valence-corrected chi connectivity index (χ4v) is 2.07. The Morgan fingerprint density at radius 1 is 1.20 bits per heavy atom. The second kappa shape index (κ2) is 12.1. The maximum Gasteiger partial charge on any atom is 0.319 e. The normalized spacial score (nSPS) is 11.3. The van der Waals surface area contributed by atoms with Gasteiger partial charge < -0.3 is 26.0 Å². The lowest BCUT2D eigenvalue weighted by molar-refractivity contribution is 0.145. The average Bonchev–Trinajstić information content (AvgIpc) is 2.58. The monoisotopic (exact) mass is 349 g/mol. The number of carbonyl (C=O) groups is 1. The van der Waals surface area contributed by atoms with Crippen molar-refractivity contribution in [2.75, 3.05) is 32.1 Å². The van der Waals surface area contributed by atoms with Crippen LogP contribution in [0.15, 0.2) is 29.3 Å². The van der Waals surface area contributed by atoms with Crippen molar-refractivity contribution in [1.82, 2.24) is 16.0 Å². The molecule has 2 amide bonds. The standard InChI is InChI=1S/C18H31N5O2/c1-5-25-12-6-11-20-17(19-4)21-13-15-7-9-16(10-8-15)23-18(24)22-14(2)3/h7-10,14H,5-6,11-13H2,1-4H3,(H2,19,20,21)(H2,22,23,24). The molecule has 0 saturated carbocycles. The van der Waals surface area contributed by atoms with Crippen LogP contribution in [0.25, 0.3) is 0 Å². The highest BCUT2D eigenvalue weighted by Gasteiger charge is 2.03. The van der Waals surface area contributed by atoms with Gasteiger partial charge in [0.15, 0.2) is 5.96 Å². The van der Waals surface area contributed by atoms with Crippen molar-refractivity contribution >= 4 is 17.7 Å². The molecule has 1 rings (SSSR count). The molecule has 0 bridgehead atoms. The van der Waals surface area contributed by atoms with Crippen LogP contribution < -0.4 is 21.3 Å². The summed E-state index contributed by atoms with van der Waals surface area (Å²) in [5.74, 6) is 0.759. The average molecular weight is 349 g/mol. The van der Waals surface area contributed by atoms with Gasteiger partial charge in [-0.05, 0) is 44.9 Å². The Morgan fingerprint density at radius 3 is 2.52 bits per heavy atom. The molecule has 0 aromatic heterocycles. The first-order chi connectivity index (χ1) is 12.0. The summed E-state index contributed by atoms with van der Waals surface area (Å²) in [5.41, 5.74) is 1.87. The molecule has 140 valence electrons. The van der Waals surface area contributed by atoms with E-state index in [0.29, 0.717) is 6.54 Å². The zero-order chi connectivity index (χ0) is 18.5. The fourth-order valence-electron chi connectivity index (χ4n) is 2.07. The van der Waals surface area contributed by atoms with Gasteiger partial charge in [0.05, 0.1) is 0 Å². The first-order valence-electron chi connectivity index (χ1n) is 8.73. The zero-order valence-corrected chi connectivity index (χ0v) is 15.7. The van der Waals surface area contributed by atoms with E-state index in [1.165, 1.54) is 0 Å². The molecule has 0 unspecified atom stereocenters. The third-order valence-corrected chi connectivity index (χ3v) is 3.28. The van der Waals surface area contributed by atoms with E-state index in [9.17, 15) is 4.79 Å². The second-order valence-electron chi connectivity index (χ2n) is 5.85. The van der Waals surface area contributed by atoms with Crippen molar-refractivity contribution in [3.05, 3.63) is 29.8 Å². The number of hydrogen-bond donors (Lipinski definition) is 4. The zero-order valence-electron chi connectivity index (χ0n) is 15.7. The van der Waals surface area contributed by atoms with E-state index in [2.05, 4.69) is 26.3 Å². The van der Waals surface area contributed by atoms with Crippen molar-refractivity contribution in [3.8, 4) is 0 Å². The Hall–Kier alpha value is -2.28. The van der Waals surface area contributed by atoms with Crippen molar-refractivity contribution in [2.45, 2.75) is 39.8 Å². The van der Waals surface area contributed by atoms with Crippen LogP contribution in [0.2, 0.25) is 0 Å². The molecule has 25 heavy (non-hydrogen) atoms. The van der Waals surface area contributed by atoms with Gasteiger partial charge in [0.1, 0.15) is 0 Å². The molecule has 0 aliphatic rings. The van der Waals surface area contributed by atoms with Crippen LogP contribution in [0.5, 0.6) is 0 Å². The molecule has 4 N–H and O–H groups in total. The summed E-state index contributed by atoms with van der Waals surface area (Å²) in [7, 11) is 1.75. The van der Waals surface area contributed by atoms with E-state index in [1.807, 2.05) is 45.0 Å². The van der Waals surface area contributed by atoms with Crippen molar-refractivity contribution in [2.24, 2.45) is 4.99 Å². The predicted octanol–water partition coefficient (Wildman–Crippen LogP) is 2.31. The SMILES string of the molecule is CCOCCCNC(=NC)NCc1ccc(NC(=O)NC(C)C)cc1. The first kappa shape index (κ1) is 20.8. The fraction of sp³-hybridized carbons (Fsp3) is 0.556. The van der Waals surface area contributed by atoms with Gasteiger partial charge in [-0.2, -0.15) is 0 Å². The molecule has 0 aliphatic carbocycles. The Labute approximate surface area is 150 Å². The van der Waals surface area contributed by atoms with Crippen LogP contribution >= 0.6 is 0 Å². The van der Waals surface area contributed by atoms with Gasteiger partial charge in [0.2, 0.25) is 0 Å². The van der Waals surface area contributed by atoms with Gasteiger partial charge in [-0.3, -0.25) is 4.99 Å². The molecule has 0 spiro atoms. The topological polar surface area (TPSA) is 86.8 Å². The lowest BCUT2D eigenvalue weighted by Crippen LogP contribution is -2.37. The number of rotatable bonds is 9. The summed E-state index contributed by atoms with van der Waals surface area (Å²) in [6.07, 6.45) is 0.938. The quantitative estimate of drug-likeness (QED) is 0.313. The Morgan fingerprint density at radius 2 is 1.92 bits per heavy atom. The number of benzene rings is 1. The summed E-state index contributed by atoms with van der Waals surface area (Å²) < 4.78 is 5.30. The molecule has 0 fully saturated rings. The van der Waals surface area contributed by atoms with E-state index in [1.54, 1.807) is 7.05 Å². The highest BCUT2D eigenvalue weighted by atomic mass is 16.5. The van der Waals surface area contributed by atoms with Crippen LogP contribution in [0, 0.1) is 0 Å². The lowest BCUT2D eigenvalue weighted by Gasteiger charge is -2.13. The van der Waals surface area contributed by atoms with Crippen LogP contribution in [0.4, 0.5) is 10.5 Å². The summed E-state index contributed by atoms with van der Waals surface area (Å²) in [6.45, 7) is 8.80. The molecule has 0 aliphatic heterocycles. The van der Waals surface area contributed by atoms with E-state index in [-0.39, 0.29) is 12.1 Å². The van der Waals surface area contributed by atoms with E-state index >= 15 is 0 Å². The Balaban J connectivity index is 2.35. The number of carbonyl (C=O) groups excluding carboxylic acids is 1. The molecule has 0 radical (unpaired) electrons. The second-order valence-corrected chi connectivity index (χ2v) is 5.85. The minimum Gasteiger partial charge on any atom is -0.382 e. The number of amides is 2. The van der Waals surface area contributed by atoms with Crippen molar-refractivity contribution < 1.29 is 9.53 Å². The maximum absolute atomic E-state index is 11.7. The molecule has 1 aromatic carbocycles. The molecular formula is C18H31N5O2. The number of aliphatic imine (C=N–C) groups is 1. The van der Waals surface area contributed by atoms with E-state index in [4.69, 9.17) is 4.74 Å². The molecule has 0 saturated heterocycles. The molecule has 7 nitrogen and oxygen atoms in total. The van der Waals surface area contributed by atoms with Gasteiger partial charge in [-0.25, -0.2) is 4.79 Å². The smallest absolute Gasteiger partial charge is 0.319 e. The number of hydrogen-bond acceptors (Lipinski definition) is 3. The van der Waals surface area contributed by atoms with Gasteiger partial charge in [-0.15, -0.1) is 0 Å². The lowest BCUT2D eigenvalue weighted by atomic mass is 10.2. The summed E-state index contributed by atoms with van der Waals surface area (Å²) in [6, 6.07) is 7.62. The van der Waals surface area contributed by atoms with Gasteiger partial charge in [0, 0.05) is 45.1 Å². The summed E-state index contributed by atoms with van der Waals surface area (Å²) >= 11 is 0. The van der Waals surface area contributed by atoms with E-state index < -0.39 is 0 Å².